The van der Waals surface area contributed by atoms with Gasteiger partial charge in [0.25, 0.3) is 0 Å². The number of nitrogens with one attached hydrogen (secondary N) is 1. The van der Waals surface area contributed by atoms with E-state index in [4.69, 9.17) is 4.74 Å². The van der Waals surface area contributed by atoms with Crippen molar-refractivity contribution in [1.82, 2.24) is 10.3 Å². The summed E-state index contributed by atoms with van der Waals surface area (Å²) in [6, 6.07) is 12.1. The normalized spacial score (nSPS) is 10.4. The Morgan fingerprint density at radius 1 is 1.21 bits per heavy atom. The van der Waals surface area contributed by atoms with Gasteiger partial charge in [-0.15, -0.1) is 0 Å². The maximum atomic E-state index is 5.79. The lowest BCUT2D eigenvalue weighted by Gasteiger charge is -2.10. The predicted octanol–water partition coefficient (Wildman–Crippen LogP) is 3.53. The third kappa shape index (κ3) is 4.33. The van der Waals surface area contributed by atoms with Crippen LogP contribution < -0.4 is 10.1 Å². The lowest BCUT2D eigenvalue weighted by atomic mass is 10.2. The summed E-state index contributed by atoms with van der Waals surface area (Å²) in [6.45, 7) is 4.32. The molecule has 4 heteroatoms. The Bertz CT molecular complexity index is 514. The molecule has 100 valence electrons. The lowest BCUT2D eigenvalue weighted by Crippen LogP contribution is -2.13. The van der Waals surface area contributed by atoms with Crippen LogP contribution in [-0.4, -0.2) is 11.5 Å². The molecule has 19 heavy (non-hydrogen) atoms. The van der Waals surface area contributed by atoms with Crippen molar-refractivity contribution in [1.29, 1.82) is 0 Å². The van der Waals surface area contributed by atoms with Crippen molar-refractivity contribution in [3.05, 3.63) is 58.2 Å². The van der Waals surface area contributed by atoms with Gasteiger partial charge in [0.15, 0.2) is 0 Å². The third-order valence-corrected chi connectivity index (χ3v) is 3.23. The second kappa shape index (κ2) is 7.26. The van der Waals surface area contributed by atoms with Crippen molar-refractivity contribution in [2.45, 2.75) is 20.1 Å². The topological polar surface area (TPSA) is 34.2 Å². The Hall–Kier alpha value is -1.39. The zero-order valence-electron chi connectivity index (χ0n) is 10.9. The SMILES string of the molecule is CCNCc1cccnc1OCc1ccc(Br)cc1. The molecule has 0 aliphatic carbocycles. The molecule has 0 saturated carbocycles. The summed E-state index contributed by atoms with van der Waals surface area (Å²) in [7, 11) is 0. The molecule has 0 aliphatic heterocycles. The Morgan fingerprint density at radius 2 is 2.00 bits per heavy atom. The standard InChI is InChI=1S/C15H17BrN2O/c1-2-17-10-13-4-3-9-18-15(13)19-11-12-5-7-14(16)8-6-12/h3-9,17H,2,10-11H2,1H3. The van der Waals surface area contributed by atoms with E-state index in [9.17, 15) is 0 Å². The predicted molar refractivity (Wildman–Crippen MR) is 80.1 cm³/mol. The van der Waals surface area contributed by atoms with Crippen molar-refractivity contribution in [2.75, 3.05) is 6.54 Å². The average molecular weight is 321 g/mol. The fourth-order valence-electron chi connectivity index (χ4n) is 1.68. The van der Waals surface area contributed by atoms with Crippen LogP contribution in [0.2, 0.25) is 0 Å². The van der Waals surface area contributed by atoms with Gasteiger partial charge in [-0.3, -0.25) is 0 Å². The van der Waals surface area contributed by atoms with E-state index in [-0.39, 0.29) is 0 Å². The second-order valence-electron chi connectivity index (χ2n) is 4.16. The van der Waals surface area contributed by atoms with E-state index < -0.39 is 0 Å². The van der Waals surface area contributed by atoms with Crippen molar-refractivity contribution in [3.63, 3.8) is 0 Å². The van der Waals surface area contributed by atoms with Gasteiger partial charge in [0, 0.05) is 22.8 Å². The number of nitrogens with zero attached hydrogens (tertiary/aromatic N) is 1. The van der Waals surface area contributed by atoms with Crippen LogP contribution in [-0.2, 0) is 13.2 Å². The van der Waals surface area contributed by atoms with Gasteiger partial charge >= 0.3 is 0 Å². The molecule has 0 unspecified atom stereocenters. The van der Waals surface area contributed by atoms with Crippen LogP contribution in [0.4, 0.5) is 0 Å². The molecule has 0 aliphatic rings. The highest BCUT2D eigenvalue weighted by atomic mass is 79.9. The van der Waals surface area contributed by atoms with Gasteiger partial charge < -0.3 is 10.1 Å². The maximum absolute atomic E-state index is 5.79. The largest absolute Gasteiger partial charge is 0.473 e. The zero-order valence-corrected chi connectivity index (χ0v) is 12.5. The molecule has 0 saturated heterocycles. The summed E-state index contributed by atoms with van der Waals surface area (Å²) in [4.78, 5) is 4.29. The van der Waals surface area contributed by atoms with Gasteiger partial charge in [-0.05, 0) is 30.3 Å². The highest BCUT2D eigenvalue weighted by molar-refractivity contribution is 9.10. The molecule has 1 heterocycles. The summed E-state index contributed by atoms with van der Waals surface area (Å²) in [5.74, 6) is 0.700. The molecule has 1 aromatic heterocycles. The van der Waals surface area contributed by atoms with Crippen molar-refractivity contribution < 1.29 is 4.74 Å². The lowest BCUT2D eigenvalue weighted by molar-refractivity contribution is 0.289. The smallest absolute Gasteiger partial charge is 0.218 e. The van der Waals surface area contributed by atoms with E-state index in [1.807, 2.05) is 36.4 Å². The summed E-state index contributed by atoms with van der Waals surface area (Å²) in [5.41, 5.74) is 2.21. The summed E-state index contributed by atoms with van der Waals surface area (Å²) in [6.07, 6.45) is 1.76. The Labute approximate surface area is 122 Å². The second-order valence-corrected chi connectivity index (χ2v) is 5.08. The van der Waals surface area contributed by atoms with E-state index in [2.05, 4.69) is 33.2 Å². The number of aromatic nitrogens is 1. The highest BCUT2D eigenvalue weighted by Gasteiger charge is 2.04. The average Bonchev–Trinajstić information content (AvgIpc) is 2.45. The van der Waals surface area contributed by atoms with Crippen LogP contribution in [0.1, 0.15) is 18.1 Å². The molecule has 0 amide bonds. The number of pyridine rings is 1. The molecule has 1 N–H and O–H groups in total. The van der Waals surface area contributed by atoms with Gasteiger partial charge in [0.2, 0.25) is 5.88 Å². The molecule has 2 rings (SSSR count). The zero-order chi connectivity index (χ0) is 13.5. The number of hydrogen-bond acceptors (Lipinski definition) is 3. The van der Waals surface area contributed by atoms with E-state index in [0.717, 1.165) is 28.7 Å². The summed E-state index contributed by atoms with van der Waals surface area (Å²) >= 11 is 3.42. The monoisotopic (exact) mass is 320 g/mol. The minimum absolute atomic E-state index is 0.531. The van der Waals surface area contributed by atoms with E-state index in [1.165, 1.54) is 0 Å². The molecule has 0 atom stereocenters. The van der Waals surface area contributed by atoms with Crippen LogP contribution in [0.5, 0.6) is 5.88 Å². The minimum Gasteiger partial charge on any atom is -0.473 e. The minimum atomic E-state index is 0.531. The van der Waals surface area contributed by atoms with E-state index in [0.29, 0.717) is 12.5 Å². The molecular weight excluding hydrogens is 304 g/mol. The summed E-state index contributed by atoms with van der Waals surface area (Å²) in [5, 5.41) is 3.28. The van der Waals surface area contributed by atoms with Gasteiger partial charge in [0.05, 0.1) is 0 Å². The van der Waals surface area contributed by atoms with E-state index in [1.54, 1.807) is 6.20 Å². The fraction of sp³-hybridized carbons (Fsp3) is 0.267. The van der Waals surface area contributed by atoms with Crippen LogP contribution in [0.3, 0.4) is 0 Å². The van der Waals surface area contributed by atoms with Gasteiger partial charge in [-0.25, -0.2) is 4.98 Å². The number of rotatable bonds is 6. The van der Waals surface area contributed by atoms with Crippen LogP contribution >= 0.6 is 15.9 Å². The van der Waals surface area contributed by atoms with Crippen molar-refractivity contribution >= 4 is 15.9 Å². The quantitative estimate of drug-likeness (QED) is 0.884. The van der Waals surface area contributed by atoms with Crippen LogP contribution in [0.15, 0.2) is 47.1 Å². The first-order valence-corrected chi connectivity index (χ1v) is 7.10. The maximum Gasteiger partial charge on any atom is 0.218 e. The molecular formula is C15H17BrN2O. The Kier molecular flexibility index (Phi) is 5.36. The first-order chi connectivity index (χ1) is 9.29. The Balaban J connectivity index is 2.00. The van der Waals surface area contributed by atoms with Gasteiger partial charge in [-0.1, -0.05) is 41.1 Å². The van der Waals surface area contributed by atoms with Crippen molar-refractivity contribution in [3.8, 4) is 5.88 Å². The Morgan fingerprint density at radius 3 is 2.74 bits per heavy atom. The van der Waals surface area contributed by atoms with E-state index >= 15 is 0 Å². The van der Waals surface area contributed by atoms with Gasteiger partial charge in [0.1, 0.15) is 6.61 Å². The van der Waals surface area contributed by atoms with Crippen molar-refractivity contribution in [2.24, 2.45) is 0 Å². The number of hydrogen-bond donors (Lipinski definition) is 1. The number of halogens is 1. The highest BCUT2D eigenvalue weighted by Crippen LogP contribution is 2.17. The van der Waals surface area contributed by atoms with Crippen LogP contribution in [0.25, 0.3) is 0 Å². The molecule has 0 fully saturated rings. The number of ether oxygens (including phenoxy) is 1. The summed E-state index contributed by atoms with van der Waals surface area (Å²) < 4.78 is 6.86. The van der Waals surface area contributed by atoms with Crippen LogP contribution in [0, 0.1) is 0 Å². The van der Waals surface area contributed by atoms with Gasteiger partial charge in [-0.2, -0.15) is 0 Å². The number of benzene rings is 1. The molecule has 0 bridgehead atoms. The first kappa shape index (κ1) is 14.0. The molecule has 0 spiro atoms. The molecule has 3 nitrogen and oxygen atoms in total. The molecule has 2 aromatic rings. The third-order valence-electron chi connectivity index (χ3n) is 2.70. The first-order valence-electron chi connectivity index (χ1n) is 6.31. The molecule has 1 aromatic carbocycles. The molecule has 0 radical (unpaired) electrons. The fourth-order valence-corrected chi connectivity index (χ4v) is 1.94.